The number of nitrogens with two attached hydrogens (primary N) is 1. The maximum atomic E-state index is 6.35. The van der Waals surface area contributed by atoms with Crippen LogP contribution in [0.3, 0.4) is 0 Å². The highest BCUT2D eigenvalue weighted by molar-refractivity contribution is 7.10. The van der Waals surface area contributed by atoms with Crippen molar-refractivity contribution < 1.29 is 0 Å². The Balaban J connectivity index is 2.98. The highest BCUT2D eigenvalue weighted by Crippen LogP contribution is 2.31. The number of rotatable bonds is 7. The number of likely N-dealkylation sites (N-methyl/N-ethyl adjacent to an activating group) is 1. The van der Waals surface area contributed by atoms with Gasteiger partial charge in [0.25, 0.3) is 0 Å². The fraction of sp³-hybridized carbons (Fsp3) is 0.714. The molecule has 17 heavy (non-hydrogen) atoms. The third-order valence-corrected chi connectivity index (χ3v) is 4.45. The van der Waals surface area contributed by atoms with Crippen LogP contribution in [0.1, 0.15) is 50.1 Å². The van der Waals surface area contributed by atoms with E-state index in [0.717, 1.165) is 19.5 Å². The molecule has 0 aromatic carbocycles. The largest absolute Gasteiger partial charge is 0.326 e. The second-order valence-electron chi connectivity index (χ2n) is 4.61. The number of nitrogens with zero attached hydrogens (tertiary/aromatic N) is 1. The lowest BCUT2D eigenvalue weighted by atomic mass is 10.0. The molecule has 0 saturated heterocycles. The predicted octanol–water partition coefficient (Wildman–Crippen LogP) is 3.57. The minimum atomic E-state index is 0.235. The van der Waals surface area contributed by atoms with Crippen molar-refractivity contribution in [2.75, 3.05) is 13.1 Å². The summed E-state index contributed by atoms with van der Waals surface area (Å²) in [5.74, 6) is 0. The van der Waals surface area contributed by atoms with Crippen LogP contribution in [-0.4, -0.2) is 24.0 Å². The third-order valence-electron chi connectivity index (χ3n) is 3.36. The highest BCUT2D eigenvalue weighted by atomic mass is 32.1. The minimum absolute atomic E-state index is 0.235. The van der Waals surface area contributed by atoms with E-state index in [9.17, 15) is 0 Å². The minimum Gasteiger partial charge on any atom is -0.326 e. The lowest BCUT2D eigenvalue weighted by Crippen LogP contribution is -2.41. The molecule has 3 heteroatoms. The summed E-state index contributed by atoms with van der Waals surface area (Å²) in [4.78, 5) is 3.97. The summed E-state index contributed by atoms with van der Waals surface area (Å²) in [5, 5.41) is 2.18. The van der Waals surface area contributed by atoms with Gasteiger partial charge in [0.1, 0.15) is 0 Å². The standard InChI is InChI=1S/C14H26N2S/c1-5-9-16(7-3)13(12(15)6-2)14-11(4)8-10-17-14/h8,10,12-13H,5-7,9,15H2,1-4H3. The van der Waals surface area contributed by atoms with Crippen LogP contribution in [0, 0.1) is 6.92 Å². The van der Waals surface area contributed by atoms with E-state index in [4.69, 9.17) is 5.73 Å². The molecule has 0 amide bonds. The molecule has 0 aliphatic rings. The Morgan fingerprint density at radius 2 is 2.06 bits per heavy atom. The molecule has 1 aromatic rings. The van der Waals surface area contributed by atoms with Crippen LogP contribution in [0.25, 0.3) is 0 Å². The molecule has 2 unspecified atom stereocenters. The van der Waals surface area contributed by atoms with Crippen LogP contribution < -0.4 is 5.73 Å². The Kier molecular flexibility index (Phi) is 6.17. The normalized spacial score (nSPS) is 15.2. The molecule has 0 bridgehead atoms. The molecular formula is C14H26N2S. The molecule has 98 valence electrons. The van der Waals surface area contributed by atoms with Gasteiger partial charge in [-0.2, -0.15) is 0 Å². The Morgan fingerprint density at radius 3 is 2.47 bits per heavy atom. The first-order valence-corrected chi connectivity index (χ1v) is 7.57. The molecule has 2 N–H and O–H groups in total. The number of hydrogen-bond acceptors (Lipinski definition) is 3. The van der Waals surface area contributed by atoms with Crippen molar-refractivity contribution >= 4 is 11.3 Å². The zero-order valence-corrected chi connectivity index (χ0v) is 12.4. The van der Waals surface area contributed by atoms with Crippen LogP contribution >= 0.6 is 11.3 Å². The van der Waals surface area contributed by atoms with Gasteiger partial charge in [-0.1, -0.05) is 20.8 Å². The van der Waals surface area contributed by atoms with Gasteiger partial charge in [-0.15, -0.1) is 11.3 Å². The number of thiophene rings is 1. The Morgan fingerprint density at radius 1 is 1.35 bits per heavy atom. The summed E-state index contributed by atoms with van der Waals surface area (Å²) in [6, 6.07) is 2.83. The molecule has 1 aromatic heterocycles. The summed E-state index contributed by atoms with van der Waals surface area (Å²) in [7, 11) is 0. The van der Waals surface area contributed by atoms with E-state index in [1.165, 1.54) is 16.9 Å². The average molecular weight is 254 g/mol. The molecule has 1 heterocycles. The fourth-order valence-electron chi connectivity index (χ4n) is 2.32. The summed E-state index contributed by atoms with van der Waals surface area (Å²) in [6.07, 6.45) is 2.22. The zero-order valence-electron chi connectivity index (χ0n) is 11.6. The van der Waals surface area contributed by atoms with E-state index in [0.29, 0.717) is 6.04 Å². The van der Waals surface area contributed by atoms with Gasteiger partial charge in [0.15, 0.2) is 0 Å². The van der Waals surface area contributed by atoms with Gasteiger partial charge in [0, 0.05) is 10.9 Å². The molecule has 2 atom stereocenters. The van der Waals surface area contributed by atoms with Crippen LogP contribution in [0.5, 0.6) is 0 Å². The molecule has 0 spiro atoms. The molecule has 0 fully saturated rings. The molecule has 1 rings (SSSR count). The van der Waals surface area contributed by atoms with Crippen molar-refractivity contribution in [1.82, 2.24) is 4.90 Å². The van der Waals surface area contributed by atoms with E-state index < -0.39 is 0 Å². The van der Waals surface area contributed by atoms with E-state index in [1.807, 2.05) is 11.3 Å². The van der Waals surface area contributed by atoms with E-state index >= 15 is 0 Å². The number of aryl methyl sites for hydroxylation is 1. The monoisotopic (exact) mass is 254 g/mol. The maximum Gasteiger partial charge on any atom is 0.0595 e. The van der Waals surface area contributed by atoms with Crippen molar-refractivity contribution in [3.63, 3.8) is 0 Å². The predicted molar refractivity (Wildman–Crippen MR) is 77.6 cm³/mol. The fourth-order valence-corrected chi connectivity index (χ4v) is 3.46. The summed E-state index contributed by atoms with van der Waals surface area (Å²) >= 11 is 1.85. The highest BCUT2D eigenvalue weighted by Gasteiger charge is 2.26. The Bertz CT molecular complexity index is 322. The van der Waals surface area contributed by atoms with Crippen LogP contribution in [0.4, 0.5) is 0 Å². The van der Waals surface area contributed by atoms with Gasteiger partial charge in [0.05, 0.1) is 6.04 Å². The Labute approximate surface area is 110 Å². The van der Waals surface area contributed by atoms with Gasteiger partial charge in [-0.25, -0.2) is 0 Å². The molecule has 0 saturated carbocycles. The first-order chi connectivity index (χ1) is 8.15. The summed E-state index contributed by atoms with van der Waals surface area (Å²) < 4.78 is 0. The van der Waals surface area contributed by atoms with Gasteiger partial charge < -0.3 is 5.73 Å². The first kappa shape index (κ1) is 14.7. The average Bonchev–Trinajstić information content (AvgIpc) is 2.74. The summed E-state index contributed by atoms with van der Waals surface area (Å²) in [5.41, 5.74) is 7.74. The SMILES string of the molecule is CCCN(CC)C(c1sccc1C)C(N)CC. The van der Waals surface area contributed by atoms with Crippen LogP contribution in [-0.2, 0) is 0 Å². The molecule has 0 aliphatic heterocycles. The first-order valence-electron chi connectivity index (χ1n) is 6.69. The third kappa shape index (κ3) is 3.54. The molecule has 0 radical (unpaired) electrons. The maximum absolute atomic E-state index is 6.35. The van der Waals surface area contributed by atoms with Gasteiger partial charge in [-0.05, 0) is 49.9 Å². The van der Waals surface area contributed by atoms with Gasteiger partial charge in [0.2, 0.25) is 0 Å². The van der Waals surface area contributed by atoms with Crippen molar-refractivity contribution in [1.29, 1.82) is 0 Å². The molecule has 0 aliphatic carbocycles. The van der Waals surface area contributed by atoms with Crippen molar-refractivity contribution in [2.24, 2.45) is 5.73 Å². The molecular weight excluding hydrogens is 228 g/mol. The summed E-state index contributed by atoms with van der Waals surface area (Å²) in [6.45, 7) is 11.0. The molecule has 2 nitrogen and oxygen atoms in total. The van der Waals surface area contributed by atoms with E-state index in [1.54, 1.807) is 0 Å². The van der Waals surface area contributed by atoms with Gasteiger partial charge >= 0.3 is 0 Å². The quantitative estimate of drug-likeness (QED) is 0.806. The van der Waals surface area contributed by atoms with Crippen molar-refractivity contribution in [3.05, 3.63) is 21.9 Å². The second kappa shape index (κ2) is 7.14. The lowest BCUT2D eigenvalue weighted by Gasteiger charge is -2.34. The van der Waals surface area contributed by atoms with E-state index in [2.05, 4.69) is 44.0 Å². The van der Waals surface area contributed by atoms with Crippen molar-refractivity contribution in [2.45, 2.75) is 52.6 Å². The lowest BCUT2D eigenvalue weighted by molar-refractivity contribution is 0.180. The smallest absolute Gasteiger partial charge is 0.0595 e. The second-order valence-corrected chi connectivity index (χ2v) is 5.56. The van der Waals surface area contributed by atoms with Crippen LogP contribution in [0.2, 0.25) is 0 Å². The van der Waals surface area contributed by atoms with Gasteiger partial charge in [-0.3, -0.25) is 4.90 Å². The zero-order chi connectivity index (χ0) is 12.8. The number of hydrogen-bond donors (Lipinski definition) is 1. The topological polar surface area (TPSA) is 29.3 Å². The van der Waals surface area contributed by atoms with Crippen molar-refractivity contribution in [3.8, 4) is 0 Å². The van der Waals surface area contributed by atoms with Crippen LogP contribution in [0.15, 0.2) is 11.4 Å². The van der Waals surface area contributed by atoms with E-state index in [-0.39, 0.29) is 6.04 Å². The Hall–Kier alpha value is -0.380.